The zero-order chi connectivity index (χ0) is 20.3. The first-order valence-electron chi connectivity index (χ1n) is 10.1. The summed E-state index contributed by atoms with van der Waals surface area (Å²) in [5.74, 6) is 1.68. The summed E-state index contributed by atoms with van der Waals surface area (Å²) >= 11 is 0. The van der Waals surface area contributed by atoms with Gasteiger partial charge in [0.25, 0.3) is 0 Å². The van der Waals surface area contributed by atoms with Crippen molar-refractivity contribution in [2.24, 2.45) is 0 Å². The van der Waals surface area contributed by atoms with Gasteiger partial charge in [-0.1, -0.05) is 72.8 Å². The van der Waals surface area contributed by atoms with Crippen molar-refractivity contribution >= 4 is 28.8 Å². The zero-order valence-corrected chi connectivity index (χ0v) is 16.8. The van der Waals surface area contributed by atoms with Crippen LogP contribution in [0.15, 0.2) is 115 Å². The van der Waals surface area contributed by atoms with E-state index in [1.165, 1.54) is 22.4 Å². The van der Waals surface area contributed by atoms with E-state index in [-0.39, 0.29) is 0 Å². The summed E-state index contributed by atoms with van der Waals surface area (Å²) in [5.41, 5.74) is 7.00. The standard InChI is InChI=1S/C28H22NO/c1-29-20-23(26-14-8-9-15-27(26)29)16-17-25-18-24(21-10-4-2-5-11-21)19-28(30-25)22-12-6-3-7-13-22/h2-20H,1H3/q+1/b23-16+,25-17+. The fraction of sp³-hybridized carbons (Fsp3) is 0.0357. The molecular formula is C28H22NO+. The van der Waals surface area contributed by atoms with Crippen LogP contribution in [0.5, 0.6) is 0 Å². The van der Waals surface area contributed by atoms with Crippen molar-refractivity contribution in [3.63, 3.8) is 0 Å². The maximum Gasteiger partial charge on any atom is 0.213 e. The first-order valence-corrected chi connectivity index (χ1v) is 10.1. The van der Waals surface area contributed by atoms with Crippen molar-refractivity contribution in [2.75, 3.05) is 7.05 Å². The van der Waals surface area contributed by atoms with Crippen molar-refractivity contribution in [2.45, 2.75) is 0 Å². The van der Waals surface area contributed by atoms with E-state index in [0.717, 1.165) is 22.7 Å². The topological polar surface area (TPSA) is 12.2 Å². The lowest BCUT2D eigenvalue weighted by atomic mass is 10.0. The SMILES string of the molecule is C[N+]1=C/C(=C\C=C2/C=C(c3ccccc3)C=C(c3ccccc3)O2)c2ccccc21. The van der Waals surface area contributed by atoms with Gasteiger partial charge in [0, 0.05) is 11.6 Å². The summed E-state index contributed by atoms with van der Waals surface area (Å²) in [6, 6.07) is 29.1. The number of nitrogens with zero attached hydrogens (tertiary/aromatic N) is 1. The van der Waals surface area contributed by atoms with E-state index in [2.05, 4.69) is 103 Å². The van der Waals surface area contributed by atoms with Crippen LogP contribution in [0.4, 0.5) is 5.69 Å². The minimum absolute atomic E-state index is 0.822. The van der Waals surface area contributed by atoms with E-state index in [1.54, 1.807) is 0 Å². The van der Waals surface area contributed by atoms with Crippen LogP contribution in [0.25, 0.3) is 16.9 Å². The molecule has 0 saturated carbocycles. The van der Waals surface area contributed by atoms with Gasteiger partial charge in [0.2, 0.25) is 5.69 Å². The van der Waals surface area contributed by atoms with Crippen molar-refractivity contribution in [1.82, 2.24) is 0 Å². The molecule has 0 N–H and O–H groups in total. The van der Waals surface area contributed by atoms with E-state index in [4.69, 9.17) is 4.74 Å². The van der Waals surface area contributed by atoms with Crippen LogP contribution < -0.4 is 0 Å². The summed E-state index contributed by atoms with van der Waals surface area (Å²) in [7, 11) is 2.08. The van der Waals surface area contributed by atoms with Gasteiger partial charge >= 0.3 is 0 Å². The molecule has 0 bridgehead atoms. The molecule has 0 aromatic heterocycles. The van der Waals surface area contributed by atoms with E-state index >= 15 is 0 Å². The van der Waals surface area contributed by atoms with Crippen molar-refractivity contribution in [1.29, 1.82) is 0 Å². The second-order valence-corrected chi connectivity index (χ2v) is 7.39. The molecule has 2 aliphatic heterocycles. The molecule has 2 heterocycles. The smallest absolute Gasteiger partial charge is 0.213 e. The molecule has 0 unspecified atom stereocenters. The monoisotopic (exact) mass is 388 g/mol. The molecule has 5 rings (SSSR count). The third kappa shape index (κ3) is 3.56. The van der Waals surface area contributed by atoms with Gasteiger partial charge in [-0.3, -0.25) is 0 Å². The Morgan fingerprint density at radius 3 is 2.13 bits per heavy atom. The Hall–Kier alpha value is -3.91. The van der Waals surface area contributed by atoms with Crippen LogP contribution in [0.2, 0.25) is 0 Å². The highest BCUT2D eigenvalue weighted by atomic mass is 16.5. The van der Waals surface area contributed by atoms with E-state index < -0.39 is 0 Å². The Balaban J connectivity index is 1.55. The molecule has 3 aromatic rings. The second-order valence-electron chi connectivity index (χ2n) is 7.39. The van der Waals surface area contributed by atoms with Gasteiger partial charge in [0.1, 0.15) is 18.6 Å². The highest BCUT2D eigenvalue weighted by Gasteiger charge is 2.22. The molecule has 30 heavy (non-hydrogen) atoms. The lowest BCUT2D eigenvalue weighted by Crippen LogP contribution is -1.99. The Labute approximate surface area is 177 Å². The van der Waals surface area contributed by atoms with Gasteiger partial charge in [-0.05, 0) is 41.5 Å². The van der Waals surface area contributed by atoms with Crippen LogP contribution >= 0.6 is 0 Å². The fourth-order valence-corrected chi connectivity index (χ4v) is 3.82. The van der Waals surface area contributed by atoms with Crippen molar-refractivity contribution in [3.8, 4) is 0 Å². The lowest BCUT2D eigenvalue weighted by molar-refractivity contribution is -0.395. The van der Waals surface area contributed by atoms with Crippen molar-refractivity contribution in [3.05, 3.63) is 132 Å². The third-order valence-electron chi connectivity index (χ3n) is 5.33. The maximum atomic E-state index is 6.27. The molecule has 2 nitrogen and oxygen atoms in total. The third-order valence-corrected chi connectivity index (χ3v) is 5.33. The largest absolute Gasteiger partial charge is 0.457 e. The molecule has 0 aliphatic carbocycles. The Bertz CT molecular complexity index is 1240. The minimum Gasteiger partial charge on any atom is -0.457 e. The molecular weight excluding hydrogens is 366 g/mol. The Morgan fingerprint density at radius 1 is 0.700 bits per heavy atom. The average Bonchev–Trinajstić information content (AvgIpc) is 3.14. The first kappa shape index (κ1) is 18.1. The van der Waals surface area contributed by atoms with E-state index in [0.29, 0.717) is 0 Å². The lowest BCUT2D eigenvalue weighted by Gasteiger charge is -2.18. The number of allylic oxidation sites excluding steroid dienone is 6. The molecule has 2 aliphatic rings. The number of para-hydroxylation sites is 1. The number of rotatable bonds is 3. The highest BCUT2D eigenvalue weighted by Crippen LogP contribution is 2.33. The van der Waals surface area contributed by atoms with Crippen LogP contribution in [0.1, 0.15) is 16.7 Å². The van der Waals surface area contributed by atoms with Crippen LogP contribution in [-0.2, 0) is 4.74 Å². The van der Waals surface area contributed by atoms with Crippen molar-refractivity contribution < 1.29 is 9.31 Å². The number of ether oxygens (including phenoxy) is 1. The van der Waals surface area contributed by atoms with Crippen LogP contribution in [0, 0.1) is 0 Å². The number of hydrogen-bond donors (Lipinski definition) is 0. The van der Waals surface area contributed by atoms with Gasteiger partial charge in [0.15, 0.2) is 6.21 Å². The summed E-state index contributed by atoms with van der Waals surface area (Å²) in [6.07, 6.45) is 10.6. The number of fused-ring (bicyclic) bond motifs is 1. The van der Waals surface area contributed by atoms with Gasteiger partial charge < -0.3 is 4.74 Å². The molecule has 3 aromatic carbocycles. The van der Waals surface area contributed by atoms with Crippen LogP contribution in [0.3, 0.4) is 0 Å². The quantitative estimate of drug-likeness (QED) is 0.469. The van der Waals surface area contributed by atoms with E-state index in [9.17, 15) is 0 Å². The van der Waals surface area contributed by atoms with Gasteiger partial charge in [-0.25, -0.2) is 4.58 Å². The minimum atomic E-state index is 0.822. The predicted molar refractivity (Wildman–Crippen MR) is 124 cm³/mol. The average molecular weight is 388 g/mol. The first-order chi connectivity index (χ1) is 14.8. The molecule has 0 saturated heterocycles. The highest BCUT2D eigenvalue weighted by molar-refractivity contribution is 6.12. The molecule has 0 amide bonds. The van der Waals surface area contributed by atoms with Gasteiger partial charge in [-0.15, -0.1) is 0 Å². The fourth-order valence-electron chi connectivity index (χ4n) is 3.82. The zero-order valence-electron chi connectivity index (χ0n) is 16.8. The Kier molecular flexibility index (Phi) is 4.74. The van der Waals surface area contributed by atoms with E-state index in [1.807, 2.05) is 24.3 Å². The number of hydrogen-bond acceptors (Lipinski definition) is 1. The molecule has 2 heteroatoms. The number of benzene rings is 3. The summed E-state index contributed by atoms with van der Waals surface area (Å²) < 4.78 is 8.43. The second kappa shape index (κ2) is 7.84. The summed E-state index contributed by atoms with van der Waals surface area (Å²) in [4.78, 5) is 0. The summed E-state index contributed by atoms with van der Waals surface area (Å²) in [6.45, 7) is 0. The van der Waals surface area contributed by atoms with Gasteiger partial charge in [-0.2, -0.15) is 0 Å². The summed E-state index contributed by atoms with van der Waals surface area (Å²) in [5, 5.41) is 0. The molecule has 0 radical (unpaired) electrons. The maximum absolute atomic E-state index is 6.27. The Morgan fingerprint density at radius 2 is 1.37 bits per heavy atom. The molecule has 144 valence electrons. The van der Waals surface area contributed by atoms with Gasteiger partial charge in [0.05, 0.1) is 11.1 Å². The normalized spacial score (nSPS) is 17.8. The predicted octanol–water partition coefficient (Wildman–Crippen LogP) is 6.47. The molecule has 0 atom stereocenters. The molecule has 0 spiro atoms. The molecule has 0 fully saturated rings. The van der Waals surface area contributed by atoms with Crippen LogP contribution in [-0.4, -0.2) is 17.8 Å².